The van der Waals surface area contributed by atoms with Crippen LogP contribution in [0.25, 0.3) is 0 Å². The Morgan fingerprint density at radius 1 is 1.04 bits per heavy atom. The summed E-state index contributed by atoms with van der Waals surface area (Å²) >= 11 is 0. The number of carbonyl (C=O) groups is 1. The third-order valence-corrected chi connectivity index (χ3v) is 4.71. The van der Waals surface area contributed by atoms with Crippen molar-refractivity contribution in [1.29, 1.82) is 0 Å². The standard InChI is InChI=1S/C19H19F2NO/c1-13-11-16(21)7-8-17(13)22-18(23)19(9-2-3-10-19)14-5-4-6-15(20)12-14/h4-8,11-12H,2-3,9-10H2,1H3,(H,22,23). The average molecular weight is 315 g/mol. The first-order chi connectivity index (χ1) is 11.0. The number of halogens is 2. The molecule has 0 aliphatic heterocycles. The lowest BCUT2D eigenvalue weighted by atomic mass is 9.78. The highest BCUT2D eigenvalue weighted by atomic mass is 19.1. The lowest BCUT2D eigenvalue weighted by Gasteiger charge is -2.28. The fourth-order valence-electron chi connectivity index (χ4n) is 3.42. The third kappa shape index (κ3) is 2.98. The molecule has 0 spiro atoms. The van der Waals surface area contributed by atoms with E-state index in [1.54, 1.807) is 19.1 Å². The number of aryl methyl sites for hydroxylation is 1. The molecular weight excluding hydrogens is 296 g/mol. The molecule has 4 heteroatoms. The minimum atomic E-state index is -0.705. The summed E-state index contributed by atoms with van der Waals surface area (Å²) in [6.07, 6.45) is 3.27. The summed E-state index contributed by atoms with van der Waals surface area (Å²) in [5.41, 5.74) is 1.28. The Morgan fingerprint density at radius 3 is 2.39 bits per heavy atom. The Bertz CT molecular complexity index is 736. The molecule has 2 aromatic rings. The fraction of sp³-hybridized carbons (Fsp3) is 0.316. The molecule has 0 bridgehead atoms. The van der Waals surface area contributed by atoms with Gasteiger partial charge < -0.3 is 5.32 Å². The maximum Gasteiger partial charge on any atom is 0.235 e. The van der Waals surface area contributed by atoms with Gasteiger partial charge in [-0.15, -0.1) is 0 Å². The molecule has 1 saturated carbocycles. The predicted octanol–water partition coefficient (Wildman–Crippen LogP) is 4.72. The second-order valence-corrected chi connectivity index (χ2v) is 6.21. The van der Waals surface area contributed by atoms with Gasteiger partial charge in [0.15, 0.2) is 0 Å². The summed E-state index contributed by atoms with van der Waals surface area (Å²) in [6, 6.07) is 10.6. The molecule has 1 fully saturated rings. The van der Waals surface area contributed by atoms with Crippen molar-refractivity contribution in [1.82, 2.24) is 0 Å². The lowest BCUT2D eigenvalue weighted by molar-refractivity contribution is -0.121. The number of benzene rings is 2. The van der Waals surface area contributed by atoms with Crippen molar-refractivity contribution in [3.8, 4) is 0 Å². The van der Waals surface area contributed by atoms with Crippen LogP contribution >= 0.6 is 0 Å². The highest BCUT2D eigenvalue weighted by Crippen LogP contribution is 2.42. The number of rotatable bonds is 3. The Kier molecular flexibility index (Phi) is 4.16. The van der Waals surface area contributed by atoms with Crippen molar-refractivity contribution < 1.29 is 13.6 Å². The van der Waals surface area contributed by atoms with Gasteiger partial charge in [0.05, 0.1) is 5.41 Å². The highest BCUT2D eigenvalue weighted by molar-refractivity contribution is 5.99. The van der Waals surface area contributed by atoms with E-state index < -0.39 is 5.41 Å². The summed E-state index contributed by atoms with van der Waals surface area (Å²) in [5.74, 6) is -0.809. The van der Waals surface area contributed by atoms with Crippen LogP contribution in [0.1, 0.15) is 36.8 Å². The molecule has 23 heavy (non-hydrogen) atoms. The van der Waals surface area contributed by atoms with Crippen LogP contribution < -0.4 is 5.32 Å². The summed E-state index contributed by atoms with van der Waals surface area (Å²) in [5, 5.41) is 2.91. The van der Waals surface area contributed by atoms with Gasteiger partial charge in [0, 0.05) is 5.69 Å². The van der Waals surface area contributed by atoms with Crippen molar-refractivity contribution in [2.24, 2.45) is 0 Å². The number of carbonyl (C=O) groups excluding carboxylic acids is 1. The Balaban J connectivity index is 1.93. The monoisotopic (exact) mass is 315 g/mol. The minimum absolute atomic E-state index is 0.143. The second kappa shape index (κ2) is 6.11. The van der Waals surface area contributed by atoms with Gasteiger partial charge in [-0.05, 0) is 61.2 Å². The van der Waals surface area contributed by atoms with E-state index in [0.717, 1.165) is 12.8 Å². The number of hydrogen-bond donors (Lipinski definition) is 1. The molecule has 0 heterocycles. The van der Waals surface area contributed by atoms with Gasteiger partial charge in [0.25, 0.3) is 0 Å². The summed E-state index contributed by atoms with van der Waals surface area (Å²) in [6.45, 7) is 1.75. The lowest BCUT2D eigenvalue weighted by Crippen LogP contribution is -2.38. The van der Waals surface area contributed by atoms with E-state index in [9.17, 15) is 13.6 Å². The van der Waals surface area contributed by atoms with Crippen LogP contribution in [-0.4, -0.2) is 5.91 Å². The van der Waals surface area contributed by atoms with Crippen LogP contribution in [0.3, 0.4) is 0 Å². The molecule has 0 aromatic heterocycles. The molecule has 2 aromatic carbocycles. The molecule has 1 aliphatic rings. The van der Waals surface area contributed by atoms with Crippen molar-refractivity contribution in [2.75, 3.05) is 5.32 Å². The number of anilines is 1. The average Bonchev–Trinajstić information content (AvgIpc) is 3.01. The fourth-order valence-corrected chi connectivity index (χ4v) is 3.42. The van der Waals surface area contributed by atoms with Crippen LogP contribution in [0.4, 0.5) is 14.5 Å². The van der Waals surface area contributed by atoms with E-state index in [4.69, 9.17) is 0 Å². The molecule has 0 unspecified atom stereocenters. The SMILES string of the molecule is Cc1cc(F)ccc1NC(=O)C1(c2cccc(F)c2)CCCC1. The molecule has 1 aliphatic carbocycles. The van der Waals surface area contributed by atoms with Gasteiger partial charge >= 0.3 is 0 Å². The van der Waals surface area contributed by atoms with E-state index in [2.05, 4.69) is 5.32 Å². The summed E-state index contributed by atoms with van der Waals surface area (Å²) in [7, 11) is 0. The quantitative estimate of drug-likeness (QED) is 0.872. The highest BCUT2D eigenvalue weighted by Gasteiger charge is 2.43. The van der Waals surface area contributed by atoms with Gasteiger partial charge in [-0.25, -0.2) is 8.78 Å². The molecule has 1 N–H and O–H groups in total. The van der Waals surface area contributed by atoms with Crippen LogP contribution in [0.5, 0.6) is 0 Å². The maximum absolute atomic E-state index is 13.6. The Labute approximate surface area is 134 Å². The first-order valence-electron chi connectivity index (χ1n) is 7.85. The van der Waals surface area contributed by atoms with Gasteiger partial charge in [-0.1, -0.05) is 25.0 Å². The van der Waals surface area contributed by atoms with E-state index in [1.165, 1.54) is 24.3 Å². The maximum atomic E-state index is 13.6. The van der Waals surface area contributed by atoms with E-state index in [0.29, 0.717) is 29.7 Å². The van der Waals surface area contributed by atoms with Crippen molar-refractivity contribution in [3.05, 3.63) is 65.2 Å². The predicted molar refractivity (Wildman–Crippen MR) is 86.3 cm³/mol. The second-order valence-electron chi connectivity index (χ2n) is 6.21. The number of hydrogen-bond acceptors (Lipinski definition) is 1. The molecule has 3 rings (SSSR count). The van der Waals surface area contributed by atoms with E-state index in [1.807, 2.05) is 6.07 Å². The van der Waals surface area contributed by atoms with Gasteiger partial charge in [0.2, 0.25) is 5.91 Å². The molecule has 0 radical (unpaired) electrons. The third-order valence-electron chi connectivity index (χ3n) is 4.71. The van der Waals surface area contributed by atoms with Crippen molar-refractivity contribution >= 4 is 11.6 Å². The van der Waals surface area contributed by atoms with Crippen molar-refractivity contribution in [2.45, 2.75) is 38.0 Å². The topological polar surface area (TPSA) is 29.1 Å². The zero-order chi connectivity index (χ0) is 16.4. The van der Waals surface area contributed by atoms with Gasteiger partial charge in [-0.2, -0.15) is 0 Å². The van der Waals surface area contributed by atoms with Crippen LogP contribution in [0.15, 0.2) is 42.5 Å². The minimum Gasteiger partial charge on any atom is -0.325 e. The molecule has 120 valence electrons. The first-order valence-corrected chi connectivity index (χ1v) is 7.85. The Morgan fingerprint density at radius 2 is 1.74 bits per heavy atom. The van der Waals surface area contributed by atoms with Crippen LogP contribution in [-0.2, 0) is 10.2 Å². The van der Waals surface area contributed by atoms with Gasteiger partial charge in [-0.3, -0.25) is 4.79 Å². The first kappa shape index (κ1) is 15.7. The normalized spacial score (nSPS) is 16.3. The molecule has 0 atom stereocenters. The smallest absolute Gasteiger partial charge is 0.235 e. The van der Waals surface area contributed by atoms with Crippen molar-refractivity contribution in [3.63, 3.8) is 0 Å². The zero-order valence-corrected chi connectivity index (χ0v) is 13.0. The van der Waals surface area contributed by atoms with E-state index >= 15 is 0 Å². The zero-order valence-electron chi connectivity index (χ0n) is 13.0. The molecule has 0 saturated heterocycles. The number of amides is 1. The summed E-state index contributed by atoms with van der Waals surface area (Å²) in [4.78, 5) is 13.0. The van der Waals surface area contributed by atoms with E-state index in [-0.39, 0.29) is 17.5 Å². The molecule has 1 amide bonds. The Hall–Kier alpha value is -2.23. The molecule has 2 nitrogen and oxygen atoms in total. The molecular formula is C19H19F2NO. The van der Waals surface area contributed by atoms with Crippen LogP contribution in [0, 0.1) is 18.6 Å². The largest absolute Gasteiger partial charge is 0.325 e. The van der Waals surface area contributed by atoms with Crippen LogP contribution in [0.2, 0.25) is 0 Å². The van der Waals surface area contributed by atoms with Gasteiger partial charge in [0.1, 0.15) is 11.6 Å². The number of nitrogens with one attached hydrogen (secondary N) is 1. The summed E-state index contributed by atoms with van der Waals surface area (Å²) < 4.78 is 26.8.